The molecule has 1 aromatic heterocycles. The van der Waals surface area contributed by atoms with E-state index in [0.29, 0.717) is 5.69 Å². The van der Waals surface area contributed by atoms with Gasteiger partial charge >= 0.3 is 6.03 Å². The number of hydrogen-bond donors (Lipinski definition) is 2. The monoisotopic (exact) mass is 330 g/mol. The van der Waals surface area contributed by atoms with Crippen molar-refractivity contribution in [3.05, 3.63) is 66.0 Å². The minimum atomic E-state index is -1.01. The van der Waals surface area contributed by atoms with E-state index in [1.807, 2.05) is 6.07 Å². The van der Waals surface area contributed by atoms with Crippen LogP contribution in [0.1, 0.15) is 5.82 Å². The van der Waals surface area contributed by atoms with Crippen LogP contribution >= 0.6 is 0 Å². The van der Waals surface area contributed by atoms with Crippen molar-refractivity contribution in [2.24, 2.45) is 0 Å². The van der Waals surface area contributed by atoms with Crippen LogP contribution in [0.4, 0.5) is 19.3 Å². The zero-order valence-corrected chi connectivity index (χ0v) is 12.3. The number of urea groups is 1. The van der Waals surface area contributed by atoms with Gasteiger partial charge in [0.1, 0.15) is 0 Å². The summed E-state index contributed by atoms with van der Waals surface area (Å²) in [5, 5.41) is 16.2. The van der Waals surface area contributed by atoms with Crippen molar-refractivity contribution in [1.82, 2.24) is 25.5 Å². The standard InChI is InChI=1S/C15H12F2N6O/c16-12-7-6-11(8-13(12)17)23-14(20-21-22-23)9-18-15(24)19-10-4-2-1-3-5-10/h1-8H,9H2,(H2,18,19,24). The maximum atomic E-state index is 13.3. The van der Waals surface area contributed by atoms with Gasteiger partial charge in [0.2, 0.25) is 0 Å². The van der Waals surface area contributed by atoms with E-state index in [9.17, 15) is 13.6 Å². The first-order valence-electron chi connectivity index (χ1n) is 6.96. The van der Waals surface area contributed by atoms with Gasteiger partial charge in [0.05, 0.1) is 12.2 Å². The van der Waals surface area contributed by atoms with E-state index in [1.54, 1.807) is 24.3 Å². The fourth-order valence-corrected chi connectivity index (χ4v) is 1.99. The smallest absolute Gasteiger partial charge is 0.319 e. The Balaban J connectivity index is 1.67. The van der Waals surface area contributed by atoms with Crippen LogP contribution in [-0.4, -0.2) is 26.2 Å². The fraction of sp³-hybridized carbons (Fsp3) is 0.0667. The van der Waals surface area contributed by atoms with Crippen molar-refractivity contribution >= 4 is 11.7 Å². The zero-order valence-electron chi connectivity index (χ0n) is 12.3. The van der Waals surface area contributed by atoms with Crippen molar-refractivity contribution in [3.63, 3.8) is 0 Å². The van der Waals surface area contributed by atoms with Crippen LogP contribution in [0.5, 0.6) is 0 Å². The number of aromatic nitrogens is 4. The van der Waals surface area contributed by atoms with Crippen molar-refractivity contribution in [1.29, 1.82) is 0 Å². The molecular formula is C15H12F2N6O. The number of tetrazole rings is 1. The molecule has 0 saturated carbocycles. The van der Waals surface area contributed by atoms with Crippen LogP contribution in [0.2, 0.25) is 0 Å². The van der Waals surface area contributed by atoms with Gasteiger partial charge in [0.25, 0.3) is 0 Å². The number of amides is 2. The summed E-state index contributed by atoms with van der Waals surface area (Å²) in [4.78, 5) is 11.8. The molecule has 7 nitrogen and oxygen atoms in total. The molecule has 9 heteroatoms. The molecule has 0 spiro atoms. The third-order valence-electron chi connectivity index (χ3n) is 3.12. The molecule has 2 aromatic carbocycles. The molecule has 0 aliphatic rings. The number of anilines is 1. The van der Waals surface area contributed by atoms with Crippen LogP contribution in [0, 0.1) is 11.6 Å². The number of nitrogens with zero attached hydrogens (tertiary/aromatic N) is 4. The van der Waals surface area contributed by atoms with Crippen LogP contribution < -0.4 is 10.6 Å². The Bertz CT molecular complexity index is 852. The third-order valence-corrected chi connectivity index (χ3v) is 3.12. The summed E-state index contributed by atoms with van der Waals surface area (Å²) in [7, 11) is 0. The average Bonchev–Trinajstić information content (AvgIpc) is 3.05. The van der Waals surface area contributed by atoms with E-state index in [0.717, 1.165) is 12.1 Å². The van der Waals surface area contributed by atoms with Gasteiger partial charge in [-0.05, 0) is 34.7 Å². The minimum Gasteiger partial charge on any atom is -0.330 e. The van der Waals surface area contributed by atoms with Gasteiger partial charge in [0.15, 0.2) is 17.5 Å². The lowest BCUT2D eigenvalue weighted by molar-refractivity contribution is 0.251. The second-order valence-corrected chi connectivity index (χ2v) is 4.78. The molecule has 0 fully saturated rings. The number of para-hydroxylation sites is 1. The molecule has 2 N–H and O–H groups in total. The molecule has 0 aliphatic carbocycles. The molecule has 0 aliphatic heterocycles. The number of benzene rings is 2. The molecule has 122 valence electrons. The first-order chi connectivity index (χ1) is 11.6. The Hall–Kier alpha value is -3.36. The minimum absolute atomic E-state index is 0.00463. The highest BCUT2D eigenvalue weighted by Gasteiger charge is 2.12. The van der Waals surface area contributed by atoms with E-state index in [2.05, 4.69) is 26.2 Å². The molecule has 1 heterocycles. The van der Waals surface area contributed by atoms with E-state index >= 15 is 0 Å². The van der Waals surface area contributed by atoms with E-state index < -0.39 is 17.7 Å². The number of nitrogens with one attached hydrogen (secondary N) is 2. The first-order valence-corrected chi connectivity index (χ1v) is 6.96. The molecule has 2 amide bonds. The van der Waals surface area contributed by atoms with Crippen LogP contribution in [0.25, 0.3) is 5.69 Å². The molecule has 0 atom stereocenters. The molecular weight excluding hydrogens is 318 g/mol. The Morgan fingerprint density at radius 2 is 1.88 bits per heavy atom. The Kier molecular flexibility index (Phi) is 4.41. The van der Waals surface area contributed by atoms with Gasteiger partial charge in [-0.25, -0.2) is 13.6 Å². The lowest BCUT2D eigenvalue weighted by Crippen LogP contribution is -2.29. The van der Waals surface area contributed by atoms with Crippen LogP contribution in [-0.2, 0) is 6.54 Å². The van der Waals surface area contributed by atoms with Crippen LogP contribution in [0.15, 0.2) is 48.5 Å². The Morgan fingerprint density at radius 3 is 2.62 bits per heavy atom. The topological polar surface area (TPSA) is 84.7 Å². The molecule has 0 bridgehead atoms. The summed E-state index contributed by atoms with van der Waals surface area (Å²) in [6.45, 7) is 0.00463. The predicted molar refractivity (Wildman–Crippen MR) is 81.4 cm³/mol. The maximum Gasteiger partial charge on any atom is 0.319 e. The molecule has 3 rings (SSSR count). The predicted octanol–water partition coefficient (Wildman–Crippen LogP) is 2.26. The van der Waals surface area contributed by atoms with Gasteiger partial charge < -0.3 is 10.6 Å². The number of halogens is 2. The summed E-state index contributed by atoms with van der Waals surface area (Å²) < 4.78 is 27.5. The number of rotatable bonds is 4. The van der Waals surface area contributed by atoms with Crippen molar-refractivity contribution in [3.8, 4) is 5.69 Å². The molecule has 3 aromatic rings. The van der Waals surface area contributed by atoms with Crippen molar-refractivity contribution < 1.29 is 13.6 Å². The molecule has 0 saturated heterocycles. The molecule has 24 heavy (non-hydrogen) atoms. The number of hydrogen-bond acceptors (Lipinski definition) is 4. The quantitative estimate of drug-likeness (QED) is 0.768. The lowest BCUT2D eigenvalue weighted by atomic mass is 10.3. The van der Waals surface area contributed by atoms with Gasteiger partial charge in [-0.1, -0.05) is 18.2 Å². The maximum absolute atomic E-state index is 13.3. The van der Waals surface area contributed by atoms with Crippen molar-refractivity contribution in [2.45, 2.75) is 6.54 Å². The van der Waals surface area contributed by atoms with Gasteiger partial charge in [-0.15, -0.1) is 5.10 Å². The number of carbonyl (C=O) groups is 1. The summed E-state index contributed by atoms with van der Waals surface area (Å²) in [5.41, 5.74) is 0.884. The highest BCUT2D eigenvalue weighted by atomic mass is 19.2. The highest BCUT2D eigenvalue weighted by Crippen LogP contribution is 2.13. The summed E-state index contributed by atoms with van der Waals surface area (Å²) >= 11 is 0. The lowest BCUT2D eigenvalue weighted by Gasteiger charge is -2.08. The number of carbonyl (C=O) groups excluding carboxylic acids is 1. The summed E-state index contributed by atoms with van der Waals surface area (Å²) in [6.07, 6.45) is 0. The fourth-order valence-electron chi connectivity index (χ4n) is 1.99. The first kappa shape index (κ1) is 15.5. The normalized spacial score (nSPS) is 10.4. The molecule has 0 radical (unpaired) electrons. The average molecular weight is 330 g/mol. The summed E-state index contributed by atoms with van der Waals surface area (Å²) in [6, 6.07) is 11.7. The van der Waals surface area contributed by atoms with E-state index in [4.69, 9.17) is 0 Å². The largest absolute Gasteiger partial charge is 0.330 e. The third kappa shape index (κ3) is 3.51. The van der Waals surface area contributed by atoms with E-state index in [1.165, 1.54) is 10.7 Å². The van der Waals surface area contributed by atoms with Gasteiger partial charge in [0, 0.05) is 11.8 Å². The van der Waals surface area contributed by atoms with Crippen LogP contribution in [0.3, 0.4) is 0 Å². The second-order valence-electron chi connectivity index (χ2n) is 4.78. The highest BCUT2D eigenvalue weighted by molar-refractivity contribution is 5.89. The summed E-state index contributed by atoms with van der Waals surface area (Å²) in [5.74, 6) is -1.71. The van der Waals surface area contributed by atoms with Gasteiger partial charge in [-0.2, -0.15) is 4.68 Å². The Labute approximate surface area is 135 Å². The molecule has 0 unspecified atom stereocenters. The zero-order chi connectivity index (χ0) is 16.9. The Morgan fingerprint density at radius 1 is 1.08 bits per heavy atom. The van der Waals surface area contributed by atoms with Crippen molar-refractivity contribution in [2.75, 3.05) is 5.32 Å². The second kappa shape index (κ2) is 6.82. The van der Waals surface area contributed by atoms with Gasteiger partial charge in [-0.3, -0.25) is 0 Å². The SMILES string of the molecule is O=C(NCc1nnnn1-c1ccc(F)c(F)c1)Nc1ccccc1. The van der Waals surface area contributed by atoms with E-state index in [-0.39, 0.29) is 18.1 Å².